The molecule has 0 saturated heterocycles. The summed E-state index contributed by atoms with van der Waals surface area (Å²) in [5, 5.41) is 18.4. The Morgan fingerprint density at radius 1 is 0.792 bits per heavy atom. The Balaban J connectivity index is 1.92. The molecule has 0 atom stereocenters. The van der Waals surface area contributed by atoms with Gasteiger partial charge in [0.1, 0.15) is 0 Å². The van der Waals surface area contributed by atoms with Crippen molar-refractivity contribution in [2.75, 3.05) is 13.1 Å². The third-order valence-corrected chi connectivity index (χ3v) is 3.16. The average Bonchev–Trinajstić information content (AvgIpc) is 2.65. The Bertz CT molecular complexity index is 601. The first-order valence-electron chi connectivity index (χ1n) is 7.52. The van der Waals surface area contributed by atoms with Crippen LogP contribution >= 0.6 is 0 Å². The molecule has 0 aliphatic carbocycles. The molecule has 8 nitrogen and oxygen atoms in total. The zero-order valence-electron chi connectivity index (χ0n) is 13.1. The third-order valence-electron chi connectivity index (χ3n) is 3.16. The van der Waals surface area contributed by atoms with Gasteiger partial charge in [0.25, 0.3) is 0 Å². The Kier molecular flexibility index (Phi) is 7.32. The largest absolute Gasteiger partial charge is 0.290 e. The van der Waals surface area contributed by atoms with Gasteiger partial charge in [0.15, 0.2) is 11.7 Å². The van der Waals surface area contributed by atoms with Crippen LogP contribution in [0.3, 0.4) is 0 Å². The molecule has 2 aromatic heterocycles. The Labute approximate surface area is 140 Å². The van der Waals surface area contributed by atoms with Gasteiger partial charge in [0, 0.05) is 49.7 Å². The molecule has 0 radical (unpaired) electrons. The summed E-state index contributed by atoms with van der Waals surface area (Å²) in [7, 11) is 0. The number of hydrogen-bond acceptors (Lipinski definition) is 6. The topological polar surface area (TPSA) is 115 Å². The van der Waals surface area contributed by atoms with Gasteiger partial charge in [-0.15, -0.1) is 0 Å². The summed E-state index contributed by atoms with van der Waals surface area (Å²) in [4.78, 5) is 16.8. The number of aromatic nitrogens is 2. The van der Waals surface area contributed by atoms with E-state index in [4.69, 9.17) is 0 Å². The lowest BCUT2D eigenvalue weighted by Crippen LogP contribution is -2.38. The van der Waals surface area contributed by atoms with Gasteiger partial charge in [-0.3, -0.25) is 30.4 Å². The molecule has 24 heavy (non-hydrogen) atoms. The summed E-state index contributed by atoms with van der Waals surface area (Å²) >= 11 is 0. The van der Waals surface area contributed by atoms with Crippen molar-refractivity contribution in [1.82, 2.24) is 20.9 Å². The van der Waals surface area contributed by atoms with Crippen LogP contribution in [0.15, 0.2) is 58.8 Å². The van der Waals surface area contributed by atoms with Crippen molar-refractivity contribution in [1.29, 1.82) is 0 Å². The van der Waals surface area contributed by atoms with Gasteiger partial charge in [0.05, 0.1) is 0 Å². The minimum Gasteiger partial charge on any atom is -0.290 e. The highest BCUT2D eigenvalue weighted by atomic mass is 16.5. The molecule has 8 heteroatoms. The summed E-state index contributed by atoms with van der Waals surface area (Å²) in [6, 6.07) is 11.3. The second-order valence-corrected chi connectivity index (χ2v) is 4.83. The molecule has 0 bridgehead atoms. The first kappa shape index (κ1) is 17.5. The van der Waals surface area contributed by atoms with Crippen molar-refractivity contribution >= 4 is 11.7 Å². The van der Waals surface area contributed by atoms with Crippen LogP contribution in [-0.2, 0) is 12.8 Å². The van der Waals surface area contributed by atoms with Gasteiger partial charge in [-0.25, -0.2) is 11.0 Å². The first-order chi connectivity index (χ1) is 11.8. The third kappa shape index (κ3) is 5.75. The van der Waals surface area contributed by atoms with Crippen LogP contribution in [0.25, 0.3) is 0 Å². The van der Waals surface area contributed by atoms with Gasteiger partial charge in [0.2, 0.25) is 0 Å². The van der Waals surface area contributed by atoms with Crippen LogP contribution in [0, 0.1) is 0 Å². The first-order valence-corrected chi connectivity index (χ1v) is 7.52. The fourth-order valence-corrected chi connectivity index (χ4v) is 1.98. The number of nitrogens with zero attached hydrogens (tertiary/aromatic N) is 4. The summed E-state index contributed by atoms with van der Waals surface area (Å²) in [5.41, 5.74) is 5.68. The minimum absolute atomic E-state index is 0.0643. The van der Waals surface area contributed by atoms with Gasteiger partial charge >= 0.3 is 0 Å². The maximum atomic E-state index is 9.20. The summed E-state index contributed by atoms with van der Waals surface area (Å²) in [5.74, 6) is 0.129. The van der Waals surface area contributed by atoms with Gasteiger partial charge < -0.3 is 0 Å². The van der Waals surface area contributed by atoms with Crippen LogP contribution < -0.4 is 11.0 Å². The second-order valence-electron chi connectivity index (χ2n) is 4.83. The number of aliphatic imine (C=N–C) groups is 2. The molecule has 0 spiro atoms. The molecule has 2 heterocycles. The van der Waals surface area contributed by atoms with Gasteiger partial charge in [-0.1, -0.05) is 12.1 Å². The van der Waals surface area contributed by atoms with E-state index in [1.165, 1.54) is 0 Å². The molecule has 0 amide bonds. The SMILES string of the molecule is ONC(=NCCc1ccccn1)C(=NCCc1ccccn1)NO. The quantitative estimate of drug-likeness (QED) is 0.357. The van der Waals surface area contributed by atoms with Crippen LogP contribution in [0.1, 0.15) is 11.4 Å². The lowest BCUT2D eigenvalue weighted by atomic mass is 10.3. The van der Waals surface area contributed by atoms with E-state index in [2.05, 4.69) is 20.0 Å². The molecule has 2 rings (SSSR count). The van der Waals surface area contributed by atoms with Gasteiger partial charge in [-0.05, 0) is 24.3 Å². The predicted molar refractivity (Wildman–Crippen MR) is 90.3 cm³/mol. The van der Waals surface area contributed by atoms with E-state index in [-0.39, 0.29) is 11.7 Å². The second kappa shape index (κ2) is 10.0. The standard InChI is InChI=1S/C16H20N6O2/c23-21-15(19-11-7-13-5-1-3-9-17-13)16(22-24)20-12-8-14-6-2-4-10-18-14/h1-6,9-10,23-24H,7-8,11-12H2,(H,19,21)(H,20,22). The molecular formula is C16H20N6O2. The summed E-state index contributed by atoms with van der Waals surface area (Å²) < 4.78 is 0. The normalized spacial score (nSPS) is 12.1. The van der Waals surface area contributed by atoms with Crippen LogP contribution in [0.4, 0.5) is 0 Å². The molecule has 0 aliphatic heterocycles. The van der Waals surface area contributed by atoms with E-state index in [1.807, 2.05) is 47.4 Å². The Hall–Kier alpha value is -2.84. The van der Waals surface area contributed by atoms with Crippen LogP contribution in [0.5, 0.6) is 0 Å². The van der Waals surface area contributed by atoms with Crippen LogP contribution in [0.2, 0.25) is 0 Å². The summed E-state index contributed by atoms with van der Waals surface area (Å²) in [6.45, 7) is 0.779. The zero-order chi connectivity index (χ0) is 17.0. The molecule has 0 saturated carbocycles. The van der Waals surface area contributed by atoms with E-state index in [0.717, 1.165) is 11.4 Å². The highest BCUT2D eigenvalue weighted by molar-refractivity contribution is 6.39. The van der Waals surface area contributed by atoms with Crippen LogP contribution in [-0.4, -0.2) is 45.1 Å². The predicted octanol–water partition coefficient (Wildman–Crippen LogP) is 1.02. The fourth-order valence-electron chi connectivity index (χ4n) is 1.98. The number of rotatable bonds is 6. The molecule has 126 valence electrons. The van der Waals surface area contributed by atoms with Crippen molar-refractivity contribution in [3.8, 4) is 0 Å². The van der Waals surface area contributed by atoms with E-state index >= 15 is 0 Å². The lowest BCUT2D eigenvalue weighted by molar-refractivity contribution is 0.223. The van der Waals surface area contributed by atoms with E-state index in [0.29, 0.717) is 25.9 Å². The van der Waals surface area contributed by atoms with E-state index in [9.17, 15) is 10.4 Å². The summed E-state index contributed by atoms with van der Waals surface area (Å²) in [6.07, 6.45) is 4.64. The average molecular weight is 328 g/mol. The highest BCUT2D eigenvalue weighted by Crippen LogP contribution is 1.97. The molecule has 4 N–H and O–H groups in total. The molecule has 0 unspecified atom stereocenters. The Morgan fingerprint density at radius 3 is 1.58 bits per heavy atom. The highest BCUT2D eigenvalue weighted by Gasteiger charge is 2.07. The fraction of sp³-hybridized carbons (Fsp3) is 0.250. The molecule has 0 aliphatic rings. The minimum atomic E-state index is 0.0643. The number of amidine groups is 2. The number of pyridine rings is 2. The number of hydrogen-bond donors (Lipinski definition) is 4. The molecule has 2 aromatic rings. The maximum Gasteiger partial charge on any atom is 0.190 e. The van der Waals surface area contributed by atoms with Crippen molar-refractivity contribution in [2.45, 2.75) is 12.8 Å². The molecule has 0 aromatic carbocycles. The molecule has 0 fully saturated rings. The number of hydroxylamine groups is 2. The van der Waals surface area contributed by atoms with Crippen molar-refractivity contribution in [2.24, 2.45) is 9.98 Å². The Morgan fingerprint density at radius 2 is 1.25 bits per heavy atom. The molecular weight excluding hydrogens is 308 g/mol. The van der Waals surface area contributed by atoms with Crippen molar-refractivity contribution in [3.05, 3.63) is 60.2 Å². The van der Waals surface area contributed by atoms with E-state index in [1.54, 1.807) is 12.4 Å². The number of nitrogens with one attached hydrogen (secondary N) is 2. The van der Waals surface area contributed by atoms with E-state index < -0.39 is 0 Å². The zero-order valence-corrected chi connectivity index (χ0v) is 13.1. The van der Waals surface area contributed by atoms with Gasteiger partial charge in [-0.2, -0.15) is 0 Å². The lowest BCUT2D eigenvalue weighted by Gasteiger charge is -2.07. The maximum absolute atomic E-state index is 9.20. The van der Waals surface area contributed by atoms with Crippen molar-refractivity contribution in [3.63, 3.8) is 0 Å². The monoisotopic (exact) mass is 328 g/mol. The smallest absolute Gasteiger partial charge is 0.190 e. The van der Waals surface area contributed by atoms with Crippen molar-refractivity contribution < 1.29 is 10.4 Å².